The predicted molar refractivity (Wildman–Crippen MR) is 119 cm³/mol. The van der Waals surface area contributed by atoms with Crippen molar-refractivity contribution in [1.82, 2.24) is 19.5 Å². The van der Waals surface area contributed by atoms with Gasteiger partial charge in [0.05, 0.1) is 31.6 Å². The summed E-state index contributed by atoms with van der Waals surface area (Å²) >= 11 is 0. The van der Waals surface area contributed by atoms with Crippen LogP contribution in [0.2, 0.25) is 0 Å². The molecule has 3 aromatic rings. The van der Waals surface area contributed by atoms with Crippen LogP contribution in [0, 0.1) is 0 Å². The summed E-state index contributed by atoms with van der Waals surface area (Å²) in [6, 6.07) is 8.60. The molecule has 4 rings (SSSR count). The van der Waals surface area contributed by atoms with E-state index in [-0.39, 0.29) is 17.6 Å². The minimum absolute atomic E-state index is 0.159. The fourth-order valence-corrected chi connectivity index (χ4v) is 3.67. The van der Waals surface area contributed by atoms with Gasteiger partial charge in [-0.05, 0) is 24.3 Å². The maximum Gasteiger partial charge on any atom is 0.255 e. The number of morpholine rings is 1. The first kappa shape index (κ1) is 21.4. The largest absolute Gasteiger partial charge is 0.496 e. The lowest BCUT2D eigenvalue weighted by atomic mass is 10.1. The summed E-state index contributed by atoms with van der Waals surface area (Å²) in [7, 11) is 3.28. The number of benzene rings is 1. The minimum atomic E-state index is -0.341. The van der Waals surface area contributed by atoms with Crippen LogP contribution in [0.4, 0.5) is 11.6 Å². The molecule has 0 saturated carbocycles. The number of nitrogens with one attached hydrogen (secondary N) is 1. The second-order valence-corrected chi connectivity index (χ2v) is 7.38. The zero-order valence-electron chi connectivity index (χ0n) is 18.1. The number of anilines is 2. The van der Waals surface area contributed by atoms with E-state index in [1.807, 2.05) is 11.0 Å². The lowest BCUT2D eigenvalue weighted by Gasteiger charge is -2.35. The number of methoxy groups -OCH3 is 1. The van der Waals surface area contributed by atoms with Gasteiger partial charge in [-0.25, -0.2) is 15.0 Å². The third-order valence-corrected chi connectivity index (χ3v) is 5.20. The highest BCUT2D eigenvalue weighted by molar-refractivity contribution is 5.88. The Morgan fingerprint density at radius 2 is 2.09 bits per heavy atom. The summed E-state index contributed by atoms with van der Waals surface area (Å²) in [6.45, 7) is 2.91. The average molecular weight is 436 g/mol. The molecule has 1 saturated heterocycles. The van der Waals surface area contributed by atoms with Crippen molar-refractivity contribution in [1.29, 1.82) is 0 Å². The van der Waals surface area contributed by atoms with E-state index in [1.165, 1.54) is 23.9 Å². The first-order valence-corrected chi connectivity index (χ1v) is 10.1. The van der Waals surface area contributed by atoms with Gasteiger partial charge in [0, 0.05) is 44.0 Å². The van der Waals surface area contributed by atoms with E-state index in [4.69, 9.17) is 14.5 Å². The number of ether oxygens (including phenoxy) is 2. The lowest BCUT2D eigenvalue weighted by Crippen LogP contribution is -2.41. The fourth-order valence-electron chi connectivity index (χ4n) is 3.67. The van der Waals surface area contributed by atoms with Crippen LogP contribution in [0.15, 0.2) is 47.7 Å². The molecule has 3 heterocycles. The molecule has 1 N–H and O–H groups in total. The van der Waals surface area contributed by atoms with Gasteiger partial charge in [0.2, 0.25) is 11.9 Å². The van der Waals surface area contributed by atoms with Gasteiger partial charge < -0.3 is 19.7 Å². The Morgan fingerprint density at radius 1 is 1.25 bits per heavy atom. The molecule has 0 aliphatic carbocycles. The van der Waals surface area contributed by atoms with Gasteiger partial charge in [-0.15, -0.1) is 0 Å². The van der Waals surface area contributed by atoms with Crippen LogP contribution < -0.4 is 20.5 Å². The van der Waals surface area contributed by atoms with Gasteiger partial charge >= 0.3 is 0 Å². The van der Waals surface area contributed by atoms with Gasteiger partial charge in [-0.2, -0.15) is 0 Å². The highest BCUT2D eigenvalue weighted by atomic mass is 16.5. The number of carbonyl (C=O) groups is 1. The molecule has 1 aromatic carbocycles. The van der Waals surface area contributed by atoms with Gasteiger partial charge in [0.25, 0.3) is 5.56 Å². The number of nitrogens with zero attached hydrogens (tertiary/aromatic N) is 5. The molecular formula is C22H24N6O4. The summed E-state index contributed by atoms with van der Waals surface area (Å²) in [4.78, 5) is 39.0. The molecular weight excluding hydrogens is 412 g/mol. The summed E-state index contributed by atoms with van der Waals surface area (Å²) in [5.74, 6) is 1.02. The molecule has 10 heteroatoms. The highest BCUT2D eigenvalue weighted by Crippen LogP contribution is 2.33. The highest BCUT2D eigenvalue weighted by Gasteiger charge is 2.27. The topological polar surface area (TPSA) is 111 Å². The van der Waals surface area contributed by atoms with E-state index in [2.05, 4.69) is 15.3 Å². The molecule has 1 aliphatic heterocycles. The Balaban J connectivity index is 1.67. The number of rotatable bonds is 5. The number of hydrogen-bond donors (Lipinski definition) is 1. The molecule has 166 valence electrons. The van der Waals surface area contributed by atoms with E-state index in [0.717, 1.165) is 5.56 Å². The van der Waals surface area contributed by atoms with Crippen LogP contribution in [0.25, 0.3) is 11.4 Å². The standard InChI is InChI=1S/C22H24N6O4/c1-14(29)25-15-4-5-19(31-3)16(10-15)20-12-28(8-9-32-20)22-26-18(11-21(30)27(22)2)17-6-7-23-13-24-17/h4-7,10-11,13,20H,8-9,12H2,1-3H3,(H,25,29)/t20-/m1/s1. The molecule has 32 heavy (non-hydrogen) atoms. The molecule has 0 bridgehead atoms. The molecule has 0 radical (unpaired) electrons. The van der Waals surface area contributed by atoms with E-state index >= 15 is 0 Å². The zero-order valence-corrected chi connectivity index (χ0v) is 18.1. The van der Waals surface area contributed by atoms with Crippen molar-refractivity contribution in [2.24, 2.45) is 7.05 Å². The molecule has 0 unspecified atom stereocenters. The van der Waals surface area contributed by atoms with Crippen molar-refractivity contribution in [3.8, 4) is 17.1 Å². The molecule has 2 aromatic heterocycles. The fraction of sp³-hybridized carbons (Fsp3) is 0.318. The zero-order chi connectivity index (χ0) is 22.7. The van der Waals surface area contributed by atoms with Crippen LogP contribution in [0.5, 0.6) is 5.75 Å². The first-order chi connectivity index (χ1) is 15.5. The lowest BCUT2D eigenvalue weighted by molar-refractivity contribution is -0.114. The van der Waals surface area contributed by atoms with Crippen molar-refractivity contribution in [3.63, 3.8) is 0 Å². The van der Waals surface area contributed by atoms with Crippen LogP contribution >= 0.6 is 0 Å². The SMILES string of the molecule is COc1ccc(NC(C)=O)cc1[C@H]1CN(c2nc(-c3ccncn3)cc(=O)n2C)CCO1. The summed E-state index contributed by atoms with van der Waals surface area (Å²) < 4.78 is 13.1. The Labute approximate surface area is 184 Å². The molecule has 1 aliphatic rings. The van der Waals surface area contributed by atoms with Crippen molar-refractivity contribution < 1.29 is 14.3 Å². The van der Waals surface area contributed by atoms with Gasteiger partial charge in [-0.1, -0.05) is 0 Å². The van der Waals surface area contributed by atoms with Crippen molar-refractivity contribution >= 4 is 17.5 Å². The molecule has 10 nitrogen and oxygen atoms in total. The van der Waals surface area contributed by atoms with Gasteiger partial charge in [0.1, 0.15) is 18.2 Å². The monoisotopic (exact) mass is 436 g/mol. The Morgan fingerprint density at radius 3 is 2.81 bits per heavy atom. The number of amides is 1. The smallest absolute Gasteiger partial charge is 0.255 e. The van der Waals surface area contributed by atoms with Gasteiger partial charge in [-0.3, -0.25) is 14.2 Å². The number of carbonyl (C=O) groups excluding carboxylic acids is 1. The average Bonchev–Trinajstić information content (AvgIpc) is 2.81. The van der Waals surface area contributed by atoms with Gasteiger partial charge in [0.15, 0.2) is 0 Å². The summed E-state index contributed by atoms with van der Waals surface area (Å²) in [5, 5.41) is 2.79. The second-order valence-electron chi connectivity index (χ2n) is 7.38. The molecule has 1 fully saturated rings. The molecule has 1 amide bonds. The van der Waals surface area contributed by atoms with Crippen LogP contribution in [-0.2, 0) is 16.6 Å². The number of aromatic nitrogens is 4. The van der Waals surface area contributed by atoms with Crippen LogP contribution in [0.3, 0.4) is 0 Å². The Hall–Kier alpha value is -3.79. The second kappa shape index (κ2) is 9.15. The maximum absolute atomic E-state index is 12.6. The summed E-state index contributed by atoms with van der Waals surface area (Å²) in [5.41, 5.74) is 2.34. The van der Waals surface area contributed by atoms with Crippen LogP contribution in [-0.4, -0.2) is 52.2 Å². The van der Waals surface area contributed by atoms with Crippen molar-refractivity contribution in [3.05, 3.63) is 58.8 Å². The quantitative estimate of drug-likeness (QED) is 0.644. The molecule has 1 atom stereocenters. The van der Waals surface area contributed by atoms with E-state index in [0.29, 0.717) is 48.5 Å². The predicted octanol–water partition coefficient (Wildman–Crippen LogP) is 1.78. The summed E-state index contributed by atoms with van der Waals surface area (Å²) in [6.07, 6.45) is 2.69. The van der Waals surface area contributed by atoms with Crippen molar-refractivity contribution in [2.75, 3.05) is 37.0 Å². The van der Waals surface area contributed by atoms with Crippen LogP contribution in [0.1, 0.15) is 18.6 Å². The van der Waals surface area contributed by atoms with Crippen molar-refractivity contribution in [2.45, 2.75) is 13.0 Å². The van der Waals surface area contributed by atoms with E-state index < -0.39 is 0 Å². The Kier molecular flexibility index (Phi) is 6.13. The Bertz CT molecular complexity index is 1180. The minimum Gasteiger partial charge on any atom is -0.496 e. The third-order valence-electron chi connectivity index (χ3n) is 5.20. The van der Waals surface area contributed by atoms with E-state index in [9.17, 15) is 9.59 Å². The third kappa shape index (κ3) is 4.45. The maximum atomic E-state index is 12.6. The first-order valence-electron chi connectivity index (χ1n) is 10.1. The van der Waals surface area contributed by atoms with E-state index in [1.54, 1.807) is 38.6 Å². The number of hydrogen-bond acceptors (Lipinski definition) is 8. The molecule has 0 spiro atoms. The normalized spacial score (nSPS) is 16.0.